The number of amides is 1. The van der Waals surface area contributed by atoms with Crippen LogP contribution in [0.25, 0.3) is 0 Å². The van der Waals surface area contributed by atoms with Gasteiger partial charge in [0.1, 0.15) is 0 Å². The minimum Gasteiger partial charge on any atom is -0.481 e. The van der Waals surface area contributed by atoms with Crippen molar-refractivity contribution >= 4 is 11.9 Å². The first-order chi connectivity index (χ1) is 12.5. The maximum Gasteiger partial charge on any atom is 0.309 e. The lowest BCUT2D eigenvalue weighted by Gasteiger charge is -2.45. The second-order valence-electron chi connectivity index (χ2n) is 7.38. The average Bonchev–Trinajstić information content (AvgIpc) is 2.89. The zero-order valence-electron chi connectivity index (χ0n) is 15.4. The van der Waals surface area contributed by atoms with E-state index in [0.717, 1.165) is 38.9 Å². The smallest absolute Gasteiger partial charge is 0.309 e. The molecule has 6 heteroatoms. The number of hydrogen-bond donors (Lipinski definition) is 1. The fraction of sp³-hybridized carbons (Fsp3) is 0.600. The van der Waals surface area contributed by atoms with E-state index in [1.54, 1.807) is 11.9 Å². The number of carbonyl (C=O) groups excluding carboxylic acids is 1. The summed E-state index contributed by atoms with van der Waals surface area (Å²) in [6.45, 7) is 3.96. The molecule has 6 nitrogen and oxygen atoms in total. The quantitative estimate of drug-likeness (QED) is 0.753. The number of likely N-dealkylation sites (tertiary alicyclic amines) is 2. The highest BCUT2D eigenvalue weighted by molar-refractivity contribution is 5.88. The molecular formula is C20H28N2O4. The highest BCUT2D eigenvalue weighted by atomic mass is 16.5. The first-order valence-electron chi connectivity index (χ1n) is 9.36. The largest absolute Gasteiger partial charge is 0.481 e. The number of rotatable bonds is 7. The van der Waals surface area contributed by atoms with Gasteiger partial charge in [0.15, 0.2) is 0 Å². The molecule has 3 rings (SSSR count). The van der Waals surface area contributed by atoms with Crippen molar-refractivity contribution in [3.63, 3.8) is 0 Å². The lowest BCUT2D eigenvalue weighted by atomic mass is 9.77. The van der Waals surface area contributed by atoms with Crippen LogP contribution in [0.15, 0.2) is 30.3 Å². The van der Waals surface area contributed by atoms with Gasteiger partial charge in [-0.2, -0.15) is 0 Å². The van der Waals surface area contributed by atoms with E-state index in [-0.39, 0.29) is 12.3 Å². The van der Waals surface area contributed by atoms with E-state index in [9.17, 15) is 14.7 Å². The van der Waals surface area contributed by atoms with Gasteiger partial charge in [-0.25, -0.2) is 0 Å². The summed E-state index contributed by atoms with van der Waals surface area (Å²) in [5.41, 5.74) is 0.685. The van der Waals surface area contributed by atoms with Crippen LogP contribution in [-0.2, 0) is 20.9 Å². The molecular weight excluding hydrogens is 332 g/mol. The van der Waals surface area contributed by atoms with E-state index in [1.165, 1.54) is 5.56 Å². The van der Waals surface area contributed by atoms with Crippen LogP contribution in [0.4, 0.5) is 0 Å². The van der Waals surface area contributed by atoms with Gasteiger partial charge in [-0.15, -0.1) is 0 Å². The average molecular weight is 360 g/mol. The van der Waals surface area contributed by atoms with E-state index >= 15 is 0 Å². The Bertz CT molecular complexity index is 626. The van der Waals surface area contributed by atoms with Crippen molar-refractivity contribution in [3.8, 4) is 0 Å². The summed E-state index contributed by atoms with van der Waals surface area (Å²) >= 11 is 0. The summed E-state index contributed by atoms with van der Waals surface area (Å²) in [6.07, 6.45) is 2.56. The van der Waals surface area contributed by atoms with Crippen LogP contribution in [0.5, 0.6) is 0 Å². The van der Waals surface area contributed by atoms with Crippen LogP contribution < -0.4 is 0 Å². The van der Waals surface area contributed by atoms with Crippen molar-refractivity contribution < 1.29 is 19.4 Å². The number of carbonyl (C=O) groups is 2. The third-order valence-electron chi connectivity index (χ3n) is 5.96. The molecule has 1 spiro atoms. The molecule has 1 unspecified atom stereocenters. The summed E-state index contributed by atoms with van der Waals surface area (Å²) in [6, 6.07) is 10.1. The van der Waals surface area contributed by atoms with Gasteiger partial charge in [-0.3, -0.25) is 9.59 Å². The minimum absolute atomic E-state index is 0.0415. The van der Waals surface area contributed by atoms with Gasteiger partial charge < -0.3 is 19.6 Å². The summed E-state index contributed by atoms with van der Waals surface area (Å²) < 4.78 is 5.73. The van der Waals surface area contributed by atoms with Gasteiger partial charge in [-0.1, -0.05) is 30.3 Å². The summed E-state index contributed by atoms with van der Waals surface area (Å²) in [5.74, 6) is -1.46. The first kappa shape index (κ1) is 18.9. The van der Waals surface area contributed by atoms with Crippen molar-refractivity contribution in [2.45, 2.75) is 37.8 Å². The number of piperidine rings is 1. The molecule has 0 radical (unpaired) electrons. The van der Waals surface area contributed by atoms with E-state index in [2.05, 4.69) is 17.0 Å². The van der Waals surface area contributed by atoms with Crippen LogP contribution >= 0.6 is 0 Å². The van der Waals surface area contributed by atoms with Crippen LogP contribution in [0.1, 0.15) is 31.2 Å². The molecule has 2 aliphatic heterocycles. The van der Waals surface area contributed by atoms with E-state index in [1.807, 2.05) is 18.2 Å². The van der Waals surface area contributed by atoms with Crippen LogP contribution in [0.2, 0.25) is 0 Å². The zero-order valence-corrected chi connectivity index (χ0v) is 15.4. The fourth-order valence-corrected chi connectivity index (χ4v) is 4.30. The van der Waals surface area contributed by atoms with Gasteiger partial charge in [0.2, 0.25) is 5.91 Å². The zero-order chi connectivity index (χ0) is 18.6. The Labute approximate surface area is 154 Å². The third-order valence-corrected chi connectivity index (χ3v) is 5.96. The standard InChI is InChI=1S/C20H28N2O4/c1-21-18(23)14-17(19(24)25)20(21)8-11-22(12-9-20)10-5-13-26-15-16-6-3-2-4-7-16/h2-4,6-7,17H,5,8-15H2,1H3,(H,24,25). The van der Waals surface area contributed by atoms with Crippen LogP contribution in [0, 0.1) is 5.92 Å². The van der Waals surface area contributed by atoms with Gasteiger partial charge in [0.25, 0.3) is 0 Å². The molecule has 2 heterocycles. The molecule has 0 aromatic heterocycles. The second kappa shape index (κ2) is 8.18. The van der Waals surface area contributed by atoms with Gasteiger partial charge >= 0.3 is 5.97 Å². The van der Waals surface area contributed by atoms with Gasteiger partial charge in [0.05, 0.1) is 18.1 Å². The Morgan fingerprint density at radius 3 is 2.62 bits per heavy atom. The molecule has 1 aromatic carbocycles. The number of hydrogen-bond acceptors (Lipinski definition) is 4. The molecule has 1 atom stereocenters. The molecule has 0 bridgehead atoms. The van der Waals surface area contributed by atoms with E-state index < -0.39 is 17.4 Å². The number of carboxylic acids is 1. The topological polar surface area (TPSA) is 70.1 Å². The highest BCUT2D eigenvalue weighted by Crippen LogP contribution is 2.42. The summed E-state index contributed by atoms with van der Waals surface area (Å²) in [4.78, 5) is 27.7. The third kappa shape index (κ3) is 3.91. The first-order valence-corrected chi connectivity index (χ1v) is 9.36. The Morgan fingerprint density at radius 2 is 1.96 bits per heavy atom. The number of nitrogens with zero attached hydrogens (tertiary/aromatic N) is 2. The second-order valence-corrected chi connectivity index (χ2v) is 7.38. The number of benzene rings is 1. The molecule has 26 heavy (non-hydrogen) atoms. The van der Waals surface area contributed by atoms with Crippen molar-refractivity contribution in [2.24, 2.45) is 5.92 Å². The lowest BCUT2D eigenvalue weighted by Crippen LogP contribution is -2.56. The predicted octanol–water partition coefficient (Wildman–Crippen LogP) is 1.99. The number of ether oxygens (including phenoxy) is 1. The van der Waals surface area contributed by atoms with Crippen LogP contribution in [-0.4, -0.2) is 65.6 Å². The maximum atomic E-state index is 12.0. The Morgan fingerprint density at radius 1 is 1.27 bits per heavy atom. The van der Waals surface area contributed by atoms with Gasteiger partial charge in [0, 0.05) is 39.7 Å². The molecule has 1 amide bonds. The van der Waals surface area contributed by atoms with Crippen molar-refractivity contribution in [3.05, 3.63) is 35.9 Å². The van der Waals surface area contributed by atoms with E-state index in [4.69, 9.17) is 4.74 Å². The molecule has 142 valence electrons. The number of carboxylic acid groups (broad SMARTS) is 1. The Kier molecular flexibility index (Phi) is 5.94. The molecule has 2 aliphatic rings. The van der Waals surface area contributed by atoms with Crippen LogP contribution in [0.3, 0.4) is 0 Å². The molecule has 1 aromatic rings. The fourth-order valence-electron chi connectivity index (χ4n) is 4.30. The van der Waals surface area contributed by atoms with Crippen molar-refractivity contribution in [2.75, 3.05) is 33.3 Å². The lowest BCUT2D eigenvalue weighted by molar-refractivity contribution is -0.146. The molecule has 0 aliphatic carbocycles. The van der Waals surface area contributed by atoms with Crippen molar-refractivity contribution in [1.82, 2.24) is 9.80 Å². The predicted molar refractivity (Wildman–Crippen MR) is 97.6 cm³/mol. The molecule has 1 N–H and O–H groups in total. The van der Waals surface area contributed by atoms with E-state index in [0.29, 0.717) is 13.2 Å². The Hall–Kier alpha value is -1.92. The van der Waals surface area contributed by atoms with Gasteiger partial charge in [-0.05, 0) is 24.8 Å². The summed E-state index contributed by atoms with van der Waals surface area (Å²) in [7, 11) is 1.76. The molecule has 2 saturated heterocycles. The summed E-state index contributed by atoms with van der Waals surface area (Å²) in [5, 5.41) is 9.52. The minimum atomic E-state index is -0.842. The SMILES string of the molecule is CN1C(=O)CC(C(=O)O)C12CCN(CCCOCc1ccccc1)CC2. The normalized spacial score (nSPS) is 22.9. The Balaban J connectivity index is 1.41. The monoisotopic (exact) mass is 360 g/mol. The maximum absolute atomic E-state index is 12.0. The van der Waals surface area contributed by atoms with Crippen molar-refractivity contribution in [1.29, 1.82) is 0 Å². The molecule has 2 fully saturated rings. The number of aliphatic carboxylic acids is 1. The highest BCUT2D eigenvalue weighted by Gasteiger charge is 2.55. The molecule has 0 saturated carbocycles.